The van der Waals surface area contributed by atoms with E-state index in [4.69, 9.17) is 0 Å². The van der Waals surface area contributed by atoms with Gasteiger partial charge in [-0.3, -0.25) is 0 Å². The maximum Gasteiger partial charge on any atom is 0.107 e. The van der Waals surface area contributed by atoms with E-state index in [-0.39, 0.29) is 0 Å². The van der Waals surface area contributed by atoms with Gasteiger partial charge in [-0.15, -0.1) is 11.3 Å². The van der Waals surface area contributed by atoms with Crippen LogP contribution in [0.2, 0.25) is 0 Å². The Morgan fingerprint density at radius 2 is 2.50 bits per heavy atom. The average molecular weight is 237 g/mol. The fourth-order valence-electron chi connectivity index (χ4n) is 3.01. The van der Waals surface area contributed by atoms with Crippen LogP contribution in [0.25, 0.3) is 0 Å². The Morgan fingerprint density at radius 3 is 3.12 bits per heavy atom. The van der Waals surface area contributed by atoms with E-state index in [9.17, 15) is 0 Å². The molecule has 2 saturated heterocycles. The zero-order valence-electron chi connectivity index (χ0n) is 9.70. The molecule has 0 spiro atoms. The summed E-state index contributed by atoms with van der Waals surface area (Å²) in [6.45, 7) is 4.14. The number of thiazole rings is 1. The van der Waals surface area contributed by atoms with Crippen LogP contribution in [0.5, 0.6) is 0 Å². The Hall–Kier alpha value is -0.450. The summed E-state index contributed by atoms with van der Waals surface area (Å²) >= 11 is 1.76. The summed E-state index contributed by atoms with van der Waals surface area (Å²) in [5.41, 5.74) is 1.14. The van der Waals surface area contributed by atoms with Crippen LogP contribution in [-0.2, 0) is 6.54 Å². The van der Waals surface area contributed by atoms with Crippen LogP contribution in [-0.4, -0.2) is 23.6 Å². The highest BCUT2D eigenvalue weighted by atomic mass is 32.1. The molecule has 3 nitrogen and oxygen atoms in total. The highest BCUT2D eigenvalue weighted by Gasteiger charge is 2.38. The second-order valence-corrected chi connectivity index (χ2v) is 6.00. The predicted molar refractivity (Wildman–Crippen MR) is 66.6 cm³/mol. The molecule has 2 N–H and O–H groups in total. The van der Waals surface area contributed by atoms with Crippen molar-refractivity contribution in [1.29, 1.82) is 0 Å². The number of aryl methyl sites for hydroxylation is 1. The number of nitrogens with one attached hydrogen (secondary N) is 2. The Bertz CT molecular complexity index is 363. The number of aromatic nitrogens is 1. The molecule has 0 saturated carbocycles. The van der Waals surface area contributed by atoms with Crippen molar-refractivity contribution in [3.8, 4) is 0 Å². The first-order valence-corrected chi connectivity index (χ1v) is 7.07. The maximum atomic E-state index is 4.46. The second kappa shape index (κ2) is 4.43. The first kappa shape index (κ1) is 10.7. The topological polar surface area (TPSA) is 37.0 Å². The van der Waals surface area contributed by atoms with Gasteiger partial charge in [0.2, 0.25) is 0 Å². The number of fused-ring (bicyclic) bond motifs is 2. The van der Waals surface area contributed by atoms with E-state index >= 15 is 0 Å². The standard InChI is InChI=1S/C12H19N3S/c1-8-7-16-12(14-8)6-13-5-9-4-10-2-3-11(9)15-10/h7,9-11,13,15H,2-6H2,1H3. The third kappa shape index (κ3) is 2.14. The molecule has 2 bridgehead atoms. The number of nitrogens with zero attached hydrogens (tertiary/aromatic N) is 1. The molecule has 1 aromatic rings. The van der Waals surface area contributed by atoms with Gasteiger partial charge in [0, 0.05) is 29.7 Å². The molecule has 0 amide bonds. The fourth-order valence-corrected chi connectivity index (χ4v) is 3.75. The van der Waals surface area contributed by atoms with Gasteiger partial charge in [-0.25, -0.2) is 4.98 Å². The zero-order chi connectivity index (χ0) is 11.0. The molecular formula is C12H19N3S. The van der Waals surface area contributed by atoms with Crippen LogP contribution < -0.4 is 10.6 Å². The van der Waals surface area contributed by atoms with Crippen LogP contribution in [0.15, 0.2) is 5.38 Å². The molecule has 16 heavy (non-hydrogen) atoms. The summed E-state index contributed by atoms with van der Waals surface area (Å²) in [5.74, 6) is 0.847. The van der Waals surface area contributed by atoms with Gasteiger partial charge in [-0.2, -0.15) is 0 Å². The molecule has 3 atom stereocenters. The van der Waals surface area contributed by atoms with Crippen molar-refractivity contribution in [1.82, 2.24) is 15.6 Å². The first-order valence-electron chi connectivity index (χ1n) is 6.19. The van der Waals surface area contributed by atoms with Crippen molar-refractivity contribution >= 4 is 11.3 Å². The summed E-state index contributed by atoms with van der Waals surface area (Å²) in [6.07, 6.45) is 4.15. The Morgan fingerprint density at radius 1 is 1.56 bits per heavy atom. The molecule has 0 aliphatic carbocycles. The Balaban J connectivity index is 1.44. The van der Waals surface area contributed by atoms with Crippen molar-refractivity contribution < 1.29 is 0 Å². The van der Waals surface area contributed by atoms with Crippen molar-refractivity contribution in [2.45, 2.75) is 44.8 Å². The third-order valence-electron chi connectivity index (χ3n) is 3.78. The van der Waals surface area contributed by atoms with Gasteiger partial charge in [0.1, 0.15) is 5.01 Å². The maximum absolute atomic E-state index is 4.46. The predicted octanol–water partition coefficient (Wildman–Crippen LogP) is 1.68. The lowest BCUT2D eigenvalue weighted by Gasteiger charge is -2.20. The van der Waals surface area contributed by atoms with Crippen molar-refractivity contribution in [2.24, 2.45) is 5.92 Å². The van der Waals surface area contributed by atoms with Crippen LogP contribution in [0.3, 0.4) is 0 Å². The smallest absolute Gasteiger partial charge is 0.107 e. The van der Waals surface area contributed by atoms with E-state index in [2.05, 4.69) is 27.9 Å². The molecule has 3 unspecified atom stereocenters. The first-order chi connectivity index (χ1) is 7.81. The Labute approximate surface area is 101 Å². The van der Waals surface area contributed by atoms with Gasteiger partial charge in [0.15, 0.2) is 0 Å². The van der Waals surface area contributed by atoms with E-state index < -0.39 is 0 Å². The molecule has 0 aromatic carbocycles. The van der Waals surface area contributed by atoms with Gasteiger partial charge in [-0.05, 0) is 38.6 Å². The van der Waals surface area contributed by atoms with Crippen LogP contribution in [0.4, 0.5) is 0 Å². The quantitative estimate of drug-likeness (QED) is 0.836. The summed E-state index contributed by atoms with van der Waals surface area (Å²) < 4.78 is 0. The molecule has 3 rings (SSSR count). The summed E-state index contributed by atoms with van der Waals surface area (Å²) in [5, 5.41) is 10.6. The molecule has 1 aromatic heterocycles. The van der Waals surface area contributed by atoms with Crippen molar-refractivity contribution in [3.63, 3.8) is 0 Å². The van der Waals surface area contributed by atoms with Gasteiger partial charge in [0.25, 0.3) is 0 Å². The SMILES string of the molecule is Cc1csc(CNCC2CC3CCC2N3)n1. The van der Waals surface area contributed by atoms with Gasteiger partial charge in [-0.1, -0.05) is 0 Å². The van der Waals surface area contributed by atoms with E-state index in [1.54, 1.807) is 11.3 Å². The molecule has 0 radical (unpaired) electrons. The van der Waals surface area contributed by atoms with Gasteiger partial charge >= 0.3 is 0 Å². The fraction of sp³-hybridized carbons (Fsp3) is 0.750. The van der Waals surface area contributed by atoms with E-state index in [1.807, 2.05) is 0 Å². The van der Waals surface area contributed by atoms with E-state index in [0.29, 0.717) is 0 Å². The molecule has 3 heterocycles. The number of hydrogen-bond donors (Lipinski definition) is 2. The van der Waals surface area contributed by atoms with Crippen LogP contribution in [0, 0.1) is 12.8 Å². The van der Waals surface area contributed by atoms with Crippen molar-refractivity contribution in [2.75, 3.05) is 6.54 Å². The van der Waals surface area contributed by atoms with Crippen molar-refractivity contribution in [3.05, 3.63) is 16.1 Å². The molecule has 88 valence electrons. The van der Waals surface area contributed by atoms with Gasteiger partial charge in [0.05, 0.1) is 0 Å². The molecule has 2 aliphatic rings. The second-order valence-electron chi connectivity index (χ2n) is 5.06. The van der Waals surface area contributed by atoms with Crippen LogP contribution in [0.1, 0.15) is 30.0 Å². The summed E-state index contributed by atoms with van der Waals surface area (Å²) in [7, 11) is 0. The lowest BCUT2D eigenvalue weighted by Crippen LogP contribution is -2.31. The van der Waals surface area contributed by atoms with E-state index in [0.717, 1.165) is 36.8 Å². The van der Waals surface area contributed by atoms with Crippen LogP contribution >= 0.6 is 11.3 Å². The summed E-state index contributed by atoms with van der Waals surface area (Å²) in [4.78, 5) is 4.46. The normalized spacial score (nSPS) is 32.4. The summed E-state index contributed by atoms with van der Waals surface area (Å²) in [6, 6.07) is 1.61. The highest BCUT2D eigenvalue weighted by molar-refractivity contribution is 7.09. The van der Waals surface area contributed by atoms with E-state index in [1.165, 1.54) is 24.3 Å². The minimum atomic E-state index is 0.788. The van der Waals surface area contributed by atoms with Gasteiger partial charge < -0.3 is 10.6 Å². The lowest BCUT2D eigenvalue weighted by atomic mass is 9.89. The number of rotatable bonds is 4. The minimum absolute atomic E-state index is 0.788. The average Bonchev–Trinajstić information content (AvgIpc) is 2.94. The number of hydrogen-bond acceptors (Lipinski definition) is 4. The highest BCUT2D eigenvalue weighted by Crippen LogP contribution is 2.32. The molecule has 4 heteroatoms. The largest absolute Gasteiger partial charge is 0.311 e. The zero-order valence-corrected chi connectivity index (χ0v) is 10.5. The monoisotopic (exact) mass is 237 g/mol. The minimum Gasteiger partial charge on any atom is -0.311 e. The molecular weight excluding hydrogens is 218 g/mol. The third-order valence-corrected chi connectivity index (χ3v) is 4.75. The molecule has 2 aliphatic heterocycles. The Kier molecular flexibility index (Phi) is 2.96. The molecule has 2 fully saturated rings. The lowest BCUT2D eigenvalue weighted by molar-refractivity contribution is 0.383.